The number of rotatable bonds is 8. The maximum absolute atomic E-state index is 14.3. The first-order chi connectivity index (χ1) is 15.6. The predicted octanol–water partition coefficient (Wildman–Crippen LogP) is 5.37. The van der Waals surface area contributed by atoms with Crippen LogP contribution in [0.1, 0.15) is 43.0 Å². The number of para-hydroxylation sites is 1. The zero-order chi connectivity index (χ0) is 22.1. The fraction of sp³-hybridized carbons (Fsp3) is 0.273. The average Bonchev–Trinajstić information content (AvgIpc) is 3.15. The number of carbonyl (C=O) groups excluding carboxylic acids is 1. The van der Waals surface area contributed by atoms with E-state index in [0.717, 1.165) is 35.3 Å². The second-order valence-corrected chi connectivity index (χ2v) is 9.28. The van der Waals surface area contributed by atoms with Gasteiger partial charge in [-0.15, -0.1) is 21.5 Å². The molecule has 4 aromatic rings. The zero-order valence-electron chi connectivity index (χ0n) is 17.3. The maximum Gasteiger partial charge on any atom is 0.230 e. The van der Waals surface area contributed by atoms with E-state index in [1.165, 1.54) is 41.0 Å². The number of nitrogens with zero attached hydrogens (tertiary/aromatic N) is 5. The van der Waals surface area contributed by atoms with Gasteiger partial charge in [-0.1, -0.05) is 23.9 Å². The van der Waals surface area contributed by atoms with Gasteiger partial charge in [-0.3, -0.25) is 14.3 Å². The predicted molar refractivity (Wildman–Crippen MR) is 121 cm³/mol. The molecule has 1 aliphatic rings. The van der Waals surface area contributed by atoms with E-state index in [4.69, 9.17) is 4.42 Å². The standard InChI is InChI=1S/C22H20FN5O2S2/c1-14(29)28(19-7-3-2-6-18(19)23)21-24-16(12-31-21)13-32-22-26-25-20(15-8-9-15)27(22)11-17-5-4-10-30-17/h2-7,10,12,15H,8-9,11,13H2,1H3. The quantitative estimate of drug-likeness (QED) is 0.323. The summed E-state index contributed by atoms with van der Waals surface area (Å²) in [6.45, 7) is 1.99. The molecule has 3 aromatic heterocycles. The molecule has 1 aliphatic carbocycles. The molecule has 0 spiro atoms. The minimum Gasteiger partial charge on any atom is -0.467 e. The van der Waals surface area contributed by atoms with Crippen molar-refractivity contribution >= 4 is 39.8 Å². The third kappa shape index (κ3) is 4.33. The SMILES string of the molecule is CC(=O)N(c1nc(CSc2nnc(C3CC3)n2Cc2ccco2)cs1)c1ccccc1F. The summed E-state index contributed by atoms with van der Waals surface area (Å²) in [7, 11) is 0. The Balaban J connectivity index is 1.34. The van der Waals surface area contributed by atoms with Crippen molar-refractivity contribution in [2.24, 2.45) is 0 Å². The average molecular weight is 470 g/mol. The summed E-state index contributed by atoms with van der Waals surface area (Å²) in [5.41, 5.74) is 0.985. The molecule has 0 atom stereocenters. The number of furan rings is 1. The van der Waals surface area contributed by atoms with E-state index in [9.17, 15) is 9.18 Å². The number of thioether (sulfide) groups is 1. The third-order valence-electron chi connectivity index (χ3n) is 5.07. The lowest BCUT2D eigenvalue weighted by Crippen LogP contribution is -2.23. The molecular formula is C22H20FN5O2S2. The Bertz CT molecular complexity index is 1230. The van der Waals surface area contributed by atoms with Crippen LogP contribution in [0, 0.1) is 5.82 Å². The van der Waals surface area contributed by atoms with E-state index in [1.54, 1.807) is 24.5 Å². The summed E-state index contributed by atoms with van der Waals surface area (Å²) >= 11 is 2.84. The minimum atomic E-state index is -0.465. The normalized spacial score (nSPS) is 13.4. The molecular weight excluding hydrogens is 449 g/mol. The highest BCUT2D eigenvalue weighted by Crippen LogP contribution is 2.40. The topological polar surface area (TPSA) is 77.1 Å². The number of hydrogen-bond acceptors (Lipinski definition) is 7. The van der Waals surface area contributed by atoms with Gasteiger partial charge in [0.1, 0.15) is 17.4 Å². The summed E-state index contributed by atoms with van der Waals surface area (Å²) in [6, 6.07) is 10.0. The van der Waals surface area contributed by atoms with Crippen molar-refractivity contribution in [2.75, 3.05) is 4.90 Å². The lowest BCUT2D eigenvalue weighted by atomic mass is 10.3. The van der Waals surface area contributed by atoms with Gasteiger partial charge in [0.25, 0.3) is 0 Å². The number of amides is 1. The van der Waals surface area contributed by atoms with E-state index in [1.807, 2.05) is 17.5 Å². The molecule has 0 bridgehead atoms. The zero-order valence-corrected chi connectivity index (χ0v) is 18.9. The van der Waals surface area contributed by atoms with Gasteiger partial charge in [0.15, 0.2) is 10.3 Å². The number of aromatic nitrogens is 4. The first-order valence-electron chi connectivity index (χ1n) is 10.2. The van der Waals surface area contributed by atoms with Crippen LogP contribution in [-0.2, 0) is 17.1 Å². The highest BCUT2D eigenvalue weighted by atomic mass is 32.2. The van der Waals surface area contributed by atoms with E-state index in [-0.39, 0.29) is 11.6 Å². The van der Waals surface area contributed by atoms with Crippen LogP contribution < -0.4 is 4.90 Å². The van der Waals surface area contributed by atoms with E-state index >= 15 is 0 Å². The number of hydrogen-bond donors (Lipinski definition) is 0. The molecule has 1 aromatic carbocycles. The van der Waals surface area contributed by atoms with Crippen LogP contribution in [0.15, 0.2) is 57.6 Å². The van der Waals surface area contributed by atoms with Crippen molar-refractivity contribution in [3.63, 3.8) is 0 Å². The molecule has 3 heterocycles. The molecule has 1 saturated carbocycles. The molecule has 32 heavy (non-hydrogen) atoms. The Morgan fingerprint density at radius 1 is 1.28 bits per heavy atom. The van der Waals surface area contributed by atoms with Gasteiger partial charge in [0.05, 0.1) is 24.2 Å². The molecule has 0 saturated heterocycles. The molecule has 0 aliphatic heterocycles. The highest BCUT2D eigenvalue weighted by Gasteiger charge is 2.31. The molecule has 164 valence electrons. The minimum absolute atomic E-state index is 0.195. The van der Waals surface area contributed by atoms with Gasteiger partial charge < -0.3 is 4.42 Å². The first kappa shape index (κ1) is 20.9. The van der Waals surface area contributed by atoms with Crippen LogP contribution >= 0.6 is 23.1 Å². The molecule has 0 N–H and O–H groups in total. The monoisotopic (exact) mass is 469 g/mol. The molecule has 0 unspecified atom stereocenters. The Kier molecular flexibility index (Phi) is 5.79. The van der Waals surface area contributed by atoms with Gasteiger partial charge in [0.2, 0.25) is 5.91 Å². The Morgan fingerprint density at radius 3 is 2.84 bits per heavy atom. The van der Waals surface area contributed by atoms with Crippen molar-refractivity contribution in [3.05, 3.63) is 71.1 Å². The van der Waals surface area contributed by atoms with Crippen LogP contribution in [0.3, 0.4) is 0 Å². The Labute approximate surface area is 192 Å². The molecule has 0 radical (unpaired) electrons. The van der Waals surface area contributed by atoms with Crippen LogP contribution in [0.5, 0.6) is 0 Å². The van der Waals surface area contributed by atoms with Gasteiger partial charge in [0, 0.05) is 24.0 Å². The van der Waals surface area contributed by atoms with E-state index < -0.39 is 5.82 Å². The number of benzene rings is 1. The largest absolute Gasteiger partial charge is 0.467 e. The summed E-state index contributed by atoms with van der Waals surface area (Å²) < 4.78 is 21.9. The van der Waals surface area contributed by atoms with Crippen molar-refractivity contribution in [1.82, 2.24) is 19.7 Å². The smallest absolute Gasteiger partial charge is 0.230 e. The van der Waals surface area contributed by atoms with Crippen LogP contribution in [0.4, 0.5) is 15.2 Å². The number of anilines is 2. The van der Waals surface area contributed by atoms with Gasteiger partial charge in [-0.05, 0) is 37.1 Å². The molecule has 5 rings (SSSR count). The number of thiazole rings is 1. The van der Waals surface area contributed by atoms with E-state index in [0.29, 0.717) is 23.3 Å². The lowest BCUT2D eigenvalue weighted by Gasteiger charge is -2.18. The molecule has 7 nitrogen and oxygen atoms in total. The van der Waals surface area contributed by atoms with Gasteiger partial charge in [-0.2, -0.15) is 0 Å². The summed E-state index contributed by atoms with van der Waals surface area (Å²) in [5, 5.41) is 11.9. The maximum atomic E-state index is 14.3. The van der Waals surface area contributed by atoms with Crippen LogP contribution in [0.2, 0.25) is 0 Å². The first-order valence-corrected chi connectivity index (χ1v) is 12.0. The van der Waals surface area contributed by atoms with Crippen LogP contribution in [-0.4, -0.2) is 25.7 Å². The van der Waals surface area contributed by atoms with Crippen molar-refractivity contribution in [3.8, 4) is 0 Å². The van der Waals surface area contributed by atoms with E-state index in [2.05, 4.69) is 19.7 Å². The number of carbonyl (C=O) groups is 1. The summed E-state index contributed by atoms with van der Waals surface area (Å²) in [6.07, 6.45) is 3.93. The second kappa shape index (κ2) is 8.87. The Hall–Kier alpha value is -2.98. The lowest BCUT2D eigenvalue weighted by molar-refractivity contribution is -0.115. The van der Waals surface area contributed by atoms with Crippen molar-refractivity contribution < 1.29 is 13.6 Å². The van der Waals surface area contributed by atoms with Gasteiger partial charge in [-0.25, -0.2) is 9.37 Å². The fourth-order valence-electron chi connectivity index (χ4n) is 3.40. The molecule has 10 heteroatoms. The van der Waals surface area contributed by atoms with Gasteiger partial charge >= 0.3 is 0 Å². The molecule has 1 fully saturated rings. The summed E-state index contributed by atoms with van der Waals surface area (Å²) in [4.78, 5) is 18.1. The summed E-state index contributed by atoms with van der Waals surface area (Å²) in [5.74, 6) is 2.10. The highest BCUT2D eigenvalue weighted by molar-refractivity contribution is 7.98. The second-order valence-electron chi connectivity index (χ2n) is 7.50. The van der Waals surface area contributed by atoms with Crippen molar-refractivity contribution in [1.29, 1.82) is 0 Å². The number of halogens is 1. The third-order valence-corrected chi connectivity index (χ3v) is 6.95. The Morgan fingerprint density at radius 2 is 2.12 bits per heavy atom. The molecule has 1 amide bonds. The van der Waals surface area contributed by atoms with Crippen molar-refractivity contribution in [2.45, 2.75) is 43.1 Å². The fourth-order valence-corrected chi connectivity index (χ4v) is 5.22. The van der Waals surface area contributed by atoms with Crippen LogP contribution in [0.25, 0.3) is 0 Å².